The summed E-state index contributed by atoms with van der Waals surface area (Å²) in [6.07, 6.45) is 0.273. The molecule has 10 nitrogen and oxygen atoms in total. The van der Waals surface area contributed by atoms with Crippen molar-refractivity contribution < 1.29 is 24.4 Å². The number of hydrogen-bond acceptors (Lipinski definition) is 7. The first-order chi connectivity index (χ1) is 14.3. The second-order valence-corrected chi connectivity index (χ2v) is 8.29. The number of rotatable bonds is 6. The summed E-state index contributed by atoms with van der Waals surface area (Å²) in [7, 11) is 0. The topological polar surface area (TPSA) is 125 Å². The number of piperazine rings is 1. The van der Waals surface area contributed by atoms with Gasteiger partial charge in [0.25, 0.3) is 5.69 Å². The highest BCUT2D eigenvalue weighted by atomic mass is 32.1. The van der Waals surface area contributed by atoms with Gasteiger partial charge in [-0.15, -0.1) is 0 Å². The van der Waals surface area contributed by atoms with Gasteiger partial charge in [-0.3, -0.25) is 14.9 Å². The number of aliphatic hydroxyl groups is 1. The van der Waals surface area contributed by atoms with Gasteiger partial charge in [0.2, 0.25) is 5.91 Å². The lowest BCUT2D eigenvalue weighted by atomic mass is 10.0. The average molecular weight is 437 g/mol. The molecule has 163 valence electrons. The Labute approximate surface area is 179 Å². The Balaban J connectivity index is 1.55. The minimum atomic E-state index is -1.10. The van der Waals surface area contributed by atoms with Crippen LogP contribution in [0.3, 0.4) is 0 Å². The second kappa shape index (κ2) is 9.63. The maximum absolute atomic E-state index is 13.1. The molecule has 2 aliphatic heterocycles. The average Bonchev–Trinajstić information content (AvgIpc) is 3.16. The Bertz CT molecular complexity index is 790. The second-order valence-electron chi connectivity index (χ2n) is 7.51. The number of amides is 2. The zero-order chi connectivity index (χ0) is 21.7. The fourth-order valence-electron chi connectivity index (χ4n) is 3.76. The molecule has 0 spiro atoms. The molecule has 30 heavy (non-hydrogen) atoms. The molecule has 1 aromatic rings. The number of carbonyl (C=O) groups is 2. The van der Waals surface area contributed by atoms with Gasteiger partial charge in [0, 0.05) is 57.5 Å². The molecule has 11 heteroatoms. The summed E-state index contributed by atoms with van der Waals surface area (Å²) in [5.41, 5.74) is 0.591. The number of carbonyl (C=O) groups excluding carboxylic acids is 2. The Morgan fingerprint density at radius 3 is 2.73 bits per heavy atom. The summed E-state index contributed by atoms with van der Waals surface area (Å²) in [5, 5.41) is 23.2. The maximum atomic E-state index is 13.1. The lowest BCUT2D eigenvalue weighted by Gasteiger charge is -2.39. The number of nitrogens with zero attached hydrogens (tertiary/aromatic N) is 3. The molecule has 2 aliphatic rings. The van der Waals surface area contributed by atoms with Crippen LogP contribution in [0.2, 0.25) is 0 Å². The van der Waals surface area contributed by atoms with Crippen molar-refractivity contribution in [2.24, 2.45) is 0 Å². The Hall–Kier alpha value is -2.37. The molecule has 2 N–H and O–H groups in total. The lowest BCUT2D eigenvalue weighted by molar-refractivity contribution is -0.384. The molecule has 2 heterocycles. The van der Waals surface area contributed by atoms with Crippen LogP contribution in [0.25, 0.3) is 0 Å². The molecule has 2 fully saturated rings. The van der Waals surface area contributed by atoms with Crippen LogP contribution in [0.1, 0.15) is 18.4 Å². The van der Waals surface area contributed by atoms with E-state index >= 15 is 0 Å². The first-order valence-electron chi connectivity index (χ1n) is 9.82. The van der Waals surface area contributed by atoms with E-state index in [1.807, 2.05) is 0 Å². The number of hydrogen-bond donors (Lipinski definition) is 2. The minimum absolute atomic E-state index is 0.0123. The third-order valence-electron chi connectivity index (χ3n) is 5.46. The van der Waals surface area contributed by atoms with Gasteiger partial charge in [0.15, 0.2) is 0 Å². The van der Waals surface area contributed by atoms with Crippen LogP contribution >= 0.6 is 12.6 Å². The van der Waals surface area contributed by atoms with Crippen molar-refractivity contribution in [2.45, 2.75) is 30.2 Å². The van der Waals surface area contributed by atoms with Crippen molar-refractivity contribution in [1.29, 1.82) is 0 Å². The highest BCUT2D eigenvalue weighted by Crippen LogP contribution is 2.32. The summed E-state index contributed by atoms with van der Waals surface area (Å²) in [6.45, 7) is 2.18. The number of aliphatic hydroxyl groups excluding tert-OH is 1. The summed E-state index contributed by atoms with van der Waals surface area (Å²) >= 11 is 5.63. The van der Waals surface area contributed by atoms with Gasteiger partial charge in [-0.25, -0.2) is 4.79 Å². The fraction of sp³-hybridized carbons (Fsp3) is 0.579. The Morgan fingerprint density at radius 1 is 1.33 bits per heavy atom. The molecule has 0 bridgehead atoms. The van der Waals surface area contributed by atoms with Gasteiger partial charge in [-0.2, -0.15) is 0 Å². The molecular weight excluding hydrogens is 412 g/mol. The summed E-state index contributed by atoms with van der Waals surface area (Å²) in [6, 6.07) is 5.65. The van der Waals surface area contributed by atoms with E-state index in [0.717, 1.165) is 0 Å². The van der Waals surface area contributed by atoms with Crippen LogP contribution in [0.5, 0.6) is 0 Å². The SMILES string of the molecule is O=C(OCc1ccc([N+](=O)[O-])cc1)N1CCC([S])(C(=O)N2CCNCC2CCO)C1. The first kappa shape index (κ1) is 22.3. The number of nitro groups is 1. The van der Waals surface area contributed by atoms with Crippen LogP contribution in [0.4, 0.5) is 10.5 Å². The molecule has 2 amide bonds. The smallest absolute Gasteiger partial charge is 0.410 e. The molecule has 1 radical (unpaired) electrons. The van der Waals surface area contributed by atoms with Crippen molar-refractivity contribution in [2.75, 3.05) is 39.3 Å². The van der Waals surface area contributed by atoms with E-state index in [0.29, 0.717) is 44.6 Å². The van der Waals surface area contributed by atoms with E-state index in [1.165, 1.54) is 29.2 Å². The van der Waals surface area contributed by atoms with Crippen molar-refractivity contribution in [3.8, 4) is 0 Å². The number of non-ortho nitro benzene ring substituents is 1. The van der Waals surface area contributed by atoms with Crippen molar-refractivity contribution in [3.63, 3.8) is 0 Å². The van der Waals surface area contributed by atoms with E-state index in [2.05, 4.69) is 5.32 Å². The number of likely N-dealkylation sites (tertiary alicyclic amines) is 1. The minimum Gasteiger partial charge on any atom is -0.445 e. The molecule has 0 aromatic heterocycles. The zero-order valence-corrected chi connectivity index (χ0v) is 17.3. The van der Waals surface area contributed by atoms with E-state index in [1.54, 1.807) is 4.90 Å². The quantitative estimate of drug-likeness (QED) is 0.503. The lowest BCUT2D eigenvalue weighted by Crippen LogP contribution is -2.59. The number of nitro benzene ring substituents is 1. The van der Waals surface area contributed by atoms with Crippen molar-refractivity contribution in [3.05, 3.63) is 39.9 Å². The van der Waals surface area contributed by atoms with Crippen molar-refractivity contribution >= 4 is 30.3 Å². The molecule has 1 aromatic carbocycles. The van der Waals surface area contributed by atoms with Gasteiger partial charge >= 0.3 is 6.09 Å². The van der Waals surface area contributed by atoms with Gasteiger partial charge < -0.3 is 25.0 Å². The number of ether oxygens (including phenoxy) is 1. The standard InChI is InChI=1S/C19H25N4O6S/c24-10-5-16-11-20-7-9-22(16)17(25)19(30)6-8-21(13-19)18(26)29-12-14-1-3-15(4-2-14)23(27)28/h1-4,16,20,24H,5-13H2. The summed E-state index contributed by atoms with van der Waals surface area (Å²) in [4.78, 5) is 38.9. The molecule has 3 rings (SSSR count). The highest BCUT2D eigenvalue weighted by Gasteiger charge is 2.47. The van der Waals surface area contributed by atoms with Crippen LogP contribution in [-0.2, 0) is 16.1 Å². The summed E-state index contributed by atoms with van der Waals surface area (Å²) in [5.74, 6) is -0.178. The Morgan fingerprint density at radius 2 is 2.07 bits per heavy atom. The van der Waals surface area contributed by atoms with Crippen LogP contribution < -0.4 is 5.32 Å². The van der Waals surface area contributed by atoms with Crippen LogP contribution in [0.15, 0.2) is 24.3 Å². The first-order valence-corrected chi connectivity index (χ1v) is 10.2. The van der Waals surface area contributed by atoms with Crippen LogP contribution in [0, 0.1) is 10.1 Å². The van der Waals surface area contributed by atoms with E-state index in [4.69, 9.17) is 17.4 Å². The van der Waals surface area contributed by atoms with E-state index in [-0.39, 0.29) is 37.4 Å². The van der Waals surface area contributed by atoms with Crippen LogP contribution in [-0.4, -0.2) is 81.9 Å². The molecule has 0 saturated carbocycles. The van der Waals surface area contributed by atoms with Gasteiger partial charge in [0.1, 0.15) is 11.4 Å². The molecular formula is C19H25N4O6S. The third-order valence-corrected chi connectivity index (χ3v) is 5.97. The fourth-order valence-corrected chi connectivity index (χ4v) is 4.12. The van der Waals surface area contributed by atoms with Crippen molar-refractivity contribution in [1.82, 2.24) is 15.1 Å². The predicted octanol–water partition coefficient (Wildman–Crippen LogP) is 1.06. The highest BCUT2D eigenvalue weighted by molar-refractivity contribution is 7.82. The monoisotopic (exact) mass is 437 g/mol. The van der Waals surface area contributed by atoms with Gasteiger partial charge in [0.05, 0.1) is 4.92 Å². The number of benzene rings is 1. The van der Waals surface area contributed by atoms with E-state index in [9.17, 15) is 24.8 Å². The predicted molar refractivity (Wildman–Crippen MR) is 110 cm³/mol. The largest absolute Gasteiger partial charge is 0.445 e. The maximum Gasteiger partial charge on any atom is 0.410 e. The summed E-state index contributed by atoms with van der Waals surface area (Å²) < 4.78 is 4.19. The molecule has 0 aliphatic carbocycles. The van der Waals surface area contributed by atoms with E-state index < -0.39 is 15.8 Å². The molecule has 2 atom stereocenters. The normalized spacial score (nSPS) is 24.0. The molecule has 2 saturated heterocycles. The Kier molecular flexibility index (Phi) is 7.16. The molecule has 2 unspecified atom stereocenters. The number of nitrogens with one attached hydrogen (secondary N) is 1. The third kappa shape index (κ3) is 5.02. The zero-order valence-electron chi connectivity index (χ0n) is 16.5. The van der Waals surface area contributed by atoms with Gasteiger partial charge in [-0.05, 0) is 30.5 Å². The van der Waals surface area contributed by atoms with Gasteiger partial charge in [-0.1, -0.05) is 12.6 Å².